The van der Waals surface area contributed by atoms with Crippen molar-refractivity contribution in [3.63, 3.8) is 0 Å². The Bertz CT molecular complexity index is 1290. The molecule has 1 amide bonds. The monoisotopic (exact) mass is 547 g/mol. The van der Waals surface area contributed by atoms with Gasteiger partial charge in [0.2, 0.25) is 10.0 Å². The van der Waals surface area contributed by atoms with E-state index in [1.165, 1.54) is 47.0 Å². The highest BCUT2D eigenvalue weighted by Gasteiger charge is 2.42. The van der Waals surface area contributed by atoms with Gasteiger partial charge in [-0.1, -0.05) is 19.3 Å². The molecule has 2 aromatic rings. The van der Waals surface area contributed by atoms with E-state index in [1.807, 2.05) is 0 Å². The summed E-state index contributed by atoms with van der Waals surface area (Å²) in [5.41, 5.74) is 0.931. The topological polar surface area (TPSA) is 105 Å². The second kappa shape index (κ2) is 10.1. The molecule has 0 radical (unpaired) electrons. The normalized spacial score (nSPS) is 19.3. The standard InChI is InChI=1S/C27H37N3O5S2/c1-26(2)16-20-21(25(32)35-6)24(36-22(20)27(3,4)29-26)28-23(31)17-12-14-19(15-13-17)37(33,34)30(5)18-10-8-7-9-11-18/h12-15,18,29H,7-11,16H2,1-6H3,(H,28,31). The highest BCUT2D eigenvalue weighted by Crippen LogP contribution is 2.45. The number of carbonyl (C=O) groups excluding carboxylic acids is 2. The summed E-state index contributed by atoms with van der Waals surface area (Å²) in [6, 6.07) is 5.97. The predicted molar refractivity (Wildman–Crippen MR) is 146 cm³/mol. The zero-order valence-electron chi connectivity index (χ0n) is 22.4. The van der Waals surface area contributed by atoms with E-state index in [2.05, 4.69) is 38.3 Å². The summed E-state index contributed by atoms with van der Waals surface area (Å²) in [6.07, 6.45) is 5.57. The highest BCUT2D eigenvalue weighted by atomic mass is 32.2. The SMILES string of the molecule is COC(=O)c1c(NC(=O)c2ccc(S(=O)(=O)N(C)C3CCCCC3)cc2)sc2c1CC(C)(C)NC2(C)C. The summed E-state index contributed by atoms with van der Waals surface area (Å²) in [4.78, 5) is 27.1. The molecule has 37 heavy (non-hydrogen) atoms. The van der Waals surface area contributed by atoms with Crippen molar-refractivity contribution >= 4 is 38.2 Å². The Balaban J connectivity index is 1.59. The zero-order valence-corrected chi connectivity index (χ0v) is 24.1. The van der Waals surface area contributed by atoms with Crippen LogP contribution in [0.1, 0.15) is 91.0 Å². The molecular formula is C27H37N3O5S2. The summed E-state index contributed by atoms with van der Waals surface area (Å²) in [5.74, 6) is -0.910. The van der Waals surface area contributed by atoms with Crippen LogP contribution < -0.4 is 10.6 Å². The number of sulfonamides is 1. The van der Waals surface area contributed by atoms with Gasteiger partial charge in [0.05, 0.1) is 17.6 Å². The second-order valence-corrected chi connectivity index (χ2v) is 14.2. The number of methoxy groups -OCH3 is 1. The Hall–Kier alpha value is -2.27. The molecule has 202 valence electrons. The van der Waals surface area contributed by atoms with Crippen LogP contribution in [0, 0.1) is 0 Å². The third-order valence-corrected chi connectivity index (χ3v) is 10.7. The Morgan fingerprint density at radius 2 is 1.70 bits per heavy atom. The maximum absolute atomic E-state index is 13.2. The van der Waals surface area contributed by atoms with Crippen molar-refractivity contribution in [1.29, 1.82) is 0 Å². The van der Waals surface area contributed by atoms with Gasteiger partial charge in [-0.3, -0.25) is 4.79 Å². The molecule has 1 saturated carbocycles. The van der Waals surface area contributed by atoms with Gasteiger partial charge in [0, 0.05) is 34.6 Å². The van der Waals surface area contributed by atoms with Crippen molar-refractivity contribution < 1.29 is 22.7 Å². The minimum Gasteiger partial charge on any atom is -0.465 e. The molecule has 10 heteroatoms. The van der Waals surface area contributed by atoms with Crippen molar-refractivity contribution in [1.82, 2.24) is 9.62 Å². The summed E-state index contributed by atoms with van der Waals surface area (Å²) in [5, 5.41) is 6.93. The fourth-order valence-corrected chi connectivity index (χ4v) is 8.37. The number of nitrogens with zero attached hydrogens (tertiary/aromatic N) is 1. The molecule has 1 aromatic heterocycles. The quantitative estimate of drug-likeness (QED) is 0.499. The number of anilines is 1. The van der Waals surface area contributed by atoms with E-state index in [4.69, 9.17) is 4.74 Å². The maximum Gasteiger partial charge on any atom is 0.341 e. The number of benzene rings is 1. The van der Waals surface area contributed by atoms with Gasteiger partial charge in [-0.2, -0.15) is 4.31 Å². The van der Waals surface area contributed by atoms with Crippen LogP contribution in [0.4, 0.5) is 5.00 Å². The van der Waals surface area contributed by atoms with Crippen molar-refractivity contribution in [2.24, 2.45) is 0 Å². The van der Waals surface area contributed by atoms with Gasteiger partial charge in [-0.15, -0.1) is 11.3 Å². The third-order valence-electron chi connectivity index (χ3n) is 7.34. The van der Waals surface area contributed by atoms with Crippen LogP contribution in [-0.4, -0.2) is 50.3 Å². The van der Waals surface area contributed by atoms with Crippen LogP contribution in [0.3, 0.4) is 0 Å². The number of fused-ring (bicyclic) bond motifs is 1. The predicted octanol–water partition coefficient (Wildman–Crippen LogP) is 4.90. The van der Waals surface area contributed by atoms with Gasteiger partial charge >= 0.3 is 5.97 Å². The Morgan fingerprint density at radius 3 is 2.30 bits per heavy atom. The molecule has 1 aliphatic carbocycles. The lowest BCUT2D eigenvalue weighted by molar-refractivity contribution is 0.0600. The van der Waals surface area contributed by atoms with E-state index in [-0.39, 0.29) is 16.5 Å². The molecule has 1 aliphatic heterocycles. The first-order chi connectivity index (χ1) is 17.3. The van der Waals surface area contributed by atoms with E-state index in [9.17, 15) is 18.0 Å². The van der Waals surface area contributed by atoms with E-state index in [0.29, 0.717) is 22.5 Å². The average Bonchev–Trinajstić information content (AvgIpc) is 3.20. The molecule has 0 saturated heterocycles. The fraction of sp³-hybridized carbons (Fsp3) is 0.556. The molecule has 1 fully saturated rings. The Morgan fingerprint density at radius 1 is 1.08 bits per heavy atom. The number of amides is 1. The van der Waals surface area contributed by atoms with Crippen molar-refractivity contribution in [3.05, 3.63) is 45.8 Å². The number of hydrogen-bond donors (Lipinski definition) is 2. The van der Waals surface area contributed by atoms with E-state index in [1.54, 1.807) is 7.05 Å². The molecule has 2 N–H and O–H groups in total. The first kappa shape index (κ1) is 27.8. The Labute approximate surface area is 223 Å². The minimum absolute atomic E-state index is 0.00653. The lowest BCUT2D eigenvalue weighted by Gasteiger charge is -2.42. The molecule has 8 nitrogen and oxygen atoms in total. The van der Waals surface area contributed by atoms with E-state index < -0.39 is 27.4 Å². The van der Waals surface area contributed by atoms with Gasteiger partial charge < -0.3 is 15.4 Å². The number of thiophene rings is 1. The van der Waals surface area contributed by atoms with Crippen LogP contribution in [0.25, 0.3) is 0 Å². The van der Waals surface area contributed by atoms with E-state index in [0.717, 1.165) is 42.5 Å². The molecule has 2 heterocycles. The number of carbonyl (C=O) groups is 2. The van der Waals surface area contributed by atoms with Crippen molar-refractivity contribution in [2.75, 3.05) is 19.5 Å². The van der Waals surface area contributed by atoms with Crippen molar-refractivity contribution in [3.8, 4) is 0 Å². The molecular weight excluding hydrogens is 510 g/mol. The van der Waals surface area contributed by atoms with Crippen LogP contribution in [0.2, 0.25) is 0 Å². The second-order valence-electron chi connectivity index (χ2n) is 11.2. The van der Waals surface area contributed by atoms with Gasteiger partial charge in [-0.25, -0.2) is 13.2 Å². The lowest BCUT2D eigenvalue weighted by Crippen LogP contribution is -2.55. The lowest BCUT2D eigenvalue weighted by atomic mass is 9.81. The molecule has 0 unspecified atom stereocenters. The van der Waals surface area contributed by atoms with Gasteiger partial charge in [0.1, 0.15) is 5.00 Å². The van der Waals surface area contributed by atoms with Crippen LogP contribution in [-0.2, 0) is 26.7 Å². The maximum atomic E-state index is 13.2. The van der Waals surface area contributed by atoms with Gasteiger partial charge in [0.15, 0.2) is 0 Å². The van der Waals surface area contributed by atoms with Crippen molar-refractivity contribution in [2.45, 2.75) is 88.2 Å². The molecule has 0 bridgehead atoms. The van der Waals surface area contributed by atoms with Crippen LogP contribution in [0.15, 0.2) is 29.2 Å². The van der Waals surface area contributed by atoms with Gasteiger partial charge in [-0.05, 0) is 76.8 Å². The average molecular weight is 548 g/mol. The van der Waals surface area contributed by atoms with Gasteiger partial charge in [0.25, 0.3) is 5.91 Å². The molecule has 1 aromatic carbocycles. The Kier molecular flexibility index (Phi) is 7.60. The largest absolute Gasteiger partial charge is 0.465 e. The van der Waals surface area contributed by atoms with Crippen LogP contribution in [0.5, 0.6) is 0 Å². The smallest absolute Gasteiger partial charge is 0.341 e. The minimum atomic E-state index is -3.65. The first-order valence-electron chi connectivity index (χ1n) is 12.7. The number of hydrogen-bond acceptors (Lipinski definition) is 7. The third kappa shape index (κ3) is 5.48. The molecule has 2 aliphatic rings. The first-order valence-corrected chi connectivity index (χ1v) is 15.0. The number of nitrogens with one attached hydrogen (secondary N) is 2. The van der Waals surface area contributed by atoms with E-state index >= 15 is 0 Å². The number of esters is 1. The molecule has 0 atom stereocenters. The molecule has 4 rings (SSSR count). The van der Waals surface area contributed by atoms with Crippen LogP contribution >= 0.6 is 11.3 Å². The molecule has 0 spiro atoms. The number of ether oxygens (including phenoxy) is 1. The summed E-state index contributed by atoms with van der Waals surface area (Å²) >= 11 is 1.37. The zero-order chi connectivity index (χ0) is 27.2. The highest BCUT2D eigenvalue weighted by molar-refractivity contribution is 7.89. The fourth-order valence-electron chi connectivity index (χ4n) is 5.69. The number of rotatable bonds is 6. The summed E-state index contributed by atoms with van der Waals surface area (Å²) < 4.78 is 32.8. The summed E-state index contributed by atoms with van der Waals surface area (Å²) in [7, 11) is -0.684. The summed E-state index contributed by atoms with van der Waals surface area (Å²) in [6.45, 7) is 8.27.